The van der Waals surface area contributed by atoms with Crippen LogP contribution >= 0.6 is 0 Å². The second-order valence-corrected chi connectivity index (χ2v) is 4.55. The molecular weight excluding hydrogens is 287 g/mol. The molecule has 1 rings (SSSR count). The molecule has 0 radical (unpaired) electrons. The van der Waals surface area contributed by atoms with Crippen LogP contribution in [0.2, 0.25) is 0 Å². The zero-order valence-corrected chi connectivity index (χ0v) is 11.3. The molecule has 5 nitrogen and oxygen atoms in total. The number of nitrogens with zero attached hydrogens (tertiary/aromatic N) is 1. The Bertz CT molecular complexity index is 440. The van der Waals surface area contributed by atoms with E-state index in [0.717, 1.165) is 4.90 Å². The summed E-state index contributed by atoms with van der Waals surface area (Å²) in [4.78, 5) is 12.8. The number of carbonyl (C=O) groups is 1. The molecule has 1 unspecified atom stereocenters. The van der Waals surface area contributed by atoms with E-state index in [0.29, 0.717) is 5.56 Å². The van der Waals surface area contributed by atoms with Crippen molar-refractivity contribution in [1.82, 2.24) is 10.3 Å². The van der Waals surface area contributed by atoms with Gasteiger partial charge in [0.15, 0.2) is 0 Å². The van der Waals surface area contributed by atoms with E-state index in [2.05, 4.69) is 0 Å². The highest BCUT2D eigenvalue weighted by molar-refractivity contribution is 5.83. The van der Waals surface area contributed by atoms with Crippen molar-refractivity contribution in [3.63, 3.8) is 0 Å². The summed E-state index contributed by atoms with van der Waals surface area (Å²) in [5.74, 6) is 3.68. The SMILES string of the molecule is NNC(=O)C(CN(CCO)CC(F)(F)F)c1ccccc1. The first-order valence-electron chi connectivity index (χ1n) is 6.32. The van der Waals surface area contributed by atoms with E-state index >= 15 is 0 Å². The van der Waals surface area contributed by atoms with Gasteiger partial charge in [0, 0.05) is 13.1 Å². The Morgan fingerprint density at radius 1 is 1.33 bits per heavy atom. The Labute approximate surface area is 120 Å². The molecule has 0 aromatic heterocycles. The van der Waals surface area contributed by atoms with Crippen LogP contribution in [0.4, 0.5) is 13.2 Å². The first kappa shape index (κ1) is 17.4. The molecule has 0 spiro atoms. The van der Waals surface area contributed by atoms with Gasteiger partial charge in [0.2, 0.25) is 5.91 Å². The molecule has 0 saturated carbocycles. The van der Waals surface area contributed by atoms with Gasteiger partial charge in [-0.15, -0.1) is 0 Å². The van der Waals surface area contributed by atoms with E-state index < -0.39 is 31.2 Å². The van der Waals surface area contributed by atoms with Gasteiger partial charge in [-0.05, 0) is 5.56 Å². The molecule has 8 heteroatoms. The summed E-state index contributed by atoms with van der Waals surface area (Å²) in [5, 5.41) is 8.88. The van der Waals surface area contributed by atoms with Crippen molar-refractivity contribution in [2.24, 2.45) is 5.84 Å². The number of rotatable bonds is 7. The van der Waals surface area contributed by atoms with Gasteiger partial charge in [0.25, 0.3) is 0 Å². The monoisotopic (exact) mass is 305 g/mol. The summed E-state index contributed by atoms with van der Waals surface area (Å²) in [6.07, 6.45) is -4.41. The van der Waals surface area contributed by atoms with E-state index in [1.54, 1.807) is 30.3 Å². The number of nitrogens with one attached hydrogen (secondary N) is 1. The Morgan fingerprint density at radius 3 is 2.43 bits per heavy atom. The van der Waals surface area contributed by atoms with Crippen LogP contribution in [-0.2, 0) is 4.79 Å². The summed E-state index contributed by atoms with van der Waals surface area (Å²) in [6, 6.07) is 8.40. The number of hydrogen-bond donors (Lipinski definition) is 3. The van der Waals surface area contributed by atoms with Crippen molar-refractivity contribution in [2.75, 3.05) is 26.2 Å². The topological polar surface area (TPSA) is 78.6 Å². The first-order chi connectivity index (χ1) is 9.87. The maximum Gasteiger partial charge on any atom is 0.401 e. The van der Waals surface area contributed by atoms with Crippen LogP contribution in [0.15, 0.2) is 30.3 Å². The number of aliphatic hydroxyl groups excluding tert-OH is 1. The highest BCUT2D eigenvalue weighted by atomic mass is 19.4. The fraction of sp³-hybridized carbons (Fsp3) is 0.462. The van der Waals surface area contributed by atoms with Gasteiger partial charge in [0.1, 0.15) is 0 Å². The van der Waals surface area contributed by atoms with Crippen LogP contribution in [0.25, 0.3) is 0 Å². The lowest BCUT2D eigenvalue weighted by atomic mass is 9.97. The zero-order valence-electron chi connectivity index (χ0n) is 11.3. The molecular formula is C13H18F3N3O2. The molecule has 0 saturated heterocycles. The van der Waals surface area contributed by atoms with Crippen LogP contribution < -0.4 is 11.3 Å². The van der Waals surface area contributed by atoms with E-state index in [9.17, 15) is 18.0 Å². The average Bonchev–Trinajstić information content (AvgIpc) is 2.43. The molecule has 1 aromatic rings. The molecule has 21 heavy (non-hydrogen) atoms. The molecule has 0 aliphatic rings. The predicted molar refractivity (Wildman–Crippen MR) is 71.1 cm³/mol. The summed E-state index contributed by atoms with van der Waals surface area (Å²) < 4.78 is 37.5. The van der Waals surface area contributed by atoms with Gasteiger partial charge in [-0.1, -0.05) is 30.3 Å². The Kier molecular flexibility index (Phi) is 6.60. The lowest BCUT2D eigenvalue weighted by molar-refractivity contribution is -0.148. The van der Waals surface area contributed by atoms with Crippen molar-refractivity contribution in [3.05, 3.63) is 35.9 Å². The number of benzene rings is 1. The fourth-order valence-corrected chi connectivity index (χ4v) is 2.01. The maximum atomic E-state index is 12.5. The lowest BCUT2D eigenvalue weighted by Crippen LogP contribution is -2.44. The zero-order chi connectivity index (χ0) is 15.9. The van der Waals surface area contributed by atoms with E-state index in [-0.39, 0.29) is 13.1 Å². The van der Waals surface area contributed by atoms with Crippen molar-refractivity contribution in [2.45, 2.75) is 12.1 Å². The smallest absolute Gasteiger partial charge is 0.395 e. The van der Waals surface area contributed by atoms with Crippen molar-refractivity contribution in [3.8, 4) is 0 Å². The molecule has 1 amide bonds. The number of hydrazine groups is 1. The summed E-state index contributed by atoms with van der Waals surface area (Å²) in [7, 11) is 0. The van der Waals surface area contributed by atoms with Crippen molar-refractivity contribution >= 4 is 5.91 Å². The summed E-state index contributed by atoms with van der Waals surface area (Å²) in [6.45, 7) is -2.00. The van der Waals surface area contributed by atoms with Crippen LogP contribution in [0.1, 0.15) is 11.5 Å². The maximum absolute atomic E-state index is 12.5. The number of halogens is 3. The second kappa shape index (κ2) is 7.96. The van der Waals surface area contributed by atoms with Crippen LogP contribution in [0.3, 0.4) is 0 Å². The summed E-state index contributed by atoms with van der Waals surface area (Å²) >= 11 is 0. The number of nitrogens with two attached hydrogens (primary N) is 1. The minimum Gasteiger partial charge on any atom is -0.395 e. The molecule has 118 valence electrons. The number of alkyl halides is 3. The number of aliphatic hydroxyl groups is 1. The Hall–Kier alpha value is -1.64. The third kappa shape index (κ3) is 6.11. The molecule has 0 aliphatic carbocycles. The van der Waals surface area contributed by atoms with Gasteiger partial charge < -0.3 is 5.11 Å². The van der Waals surface area contributed by atoms with Gasteiger partial charge in [-0.3, -0.25) is 15.1 Å². The number of carbonyl (C=O) groups excluding carboxylic acids is 1. The van der Waals surface area contributed by atoms with E-state index in [1.807, 2.05) is 5.43 Å². The number of hydrogen-bond acceptors (Lipinski definition) is 4. The van der Waals surface area contributed by atoms with Crippen LogP contribution in [-0.4, -0.2) is 48.3 Å². The third-order valence-electron chi connectivity index (χ3n) is 2.92. The Balaban J connectivity index is 2.90. The molecule has 0 heterocycles. The first-order valence-corrected chi connectivity index (χ1v) is 6.32. The highest BCUT2D eigenvalue weighted by Crippen LogP contribution is 2.21. The van der Waals surface area contributed by atoms with Crippen LogP contribution in [0.5, 0.6) is 0 Å². The normalized spacial score (nSPS) is 13.2. The largest absolute Gasteiger partial charge is 0.401 e. The molecule has 1 atom stereocenters. The van der Waals surface area contributed by atoms with Crippen molar-refractivity contribution in [1.29, 1.82) is 0 Å². The number of amides is 1. The standard InChI is InChI=1S/C13H18F3N3O2/c14-13(15,16)9-19(6-7-20)8-11(12(21)18-17)10-4-2-1-3-5-10/h1-5,11,20H,6-9,17H2,(H,18,21). The third-order valence-corrected chi connectivity index (χ3v) is 2.92. The average molecular weight is 305 g/mol. The Morgan fingerprint density at radius 2 is 1.95 bits per heavy atom. The van der Waals surface area contributed by atoms with E-state index in [4.69, 9.17) is 10.9 Å². The van der Waals surface area contributed by atoms with Gasteiger partial charge in [-0.25, -0.2) is 5.84 Å². The molecule has 4 N–H and O–H groups in total. The lowest BCUT2D eigenvalue weighted by Gasteiger charge is -2.27. The van der Waals surface area contributed by atoms with Gasteiger partial charge >= 0.3 is 6.18 Å². The summed E-state index contributed by atoms with van der Waals surface area (Å²) in [5.41, 5.74) is 2.53. The second-order valence-electron chi connectivity index (χ2n) is 4.55. The van der Waals surface area contributed by atoms with Crippen molar-refractivity contribution < 1.29 is 23.1 Å². The molecule has 0 bridgehead atoms. The molecule has 1 aromatic carbocycles. The highest BCUT2D eigenvalue weighted by Gasteiger charge is 2.33. The quantitative estimate of drug-likeness (QED) is 0.392. The minimum absolute atomic E-state index is 0.180. The predicted octanol–water partition coefficient (Wildman–Crippen LogP) is 0.617. The van der Waals surface area contributed by atoms with Crippen LogP contribution in [0, 0.1) is 0 Å². The van der Waals surface area contributed by atoms with E-state index in [1.165, 1.54) is 0 Å². The minimum atomic E-state index is -4.41. The van der Waals surface area contributed by atoms with Gasteiger partial charge in [0.05, 0.1) is 19.1 Å². The molecule has 0 aliphatic heterocycles. The molecule has 0 fully saturated rings. The van der Waals surface area contributed by atoms with Gasteiger partial charge in [-0.2, -0.15) is 13.2 Å². The fourth-order valence-electron chi connectivity index (χ4n) is 2.01.